The first-order valence-corrected chi connectivity index (χ1v) is 9.94. The highest BCUT2D eigenvalue weighted by atomic mass is 127. The number of carbonyl (C=O) groups is 1. The number of halogens is 1. The average Bonchev–Trinajstić information content (AvgIpc) is 2.74. The number of carbonyl (C=O) groups excluding carboxylic acids is 1. The normalized spacial score (nSPS) is 10.7. The van der Waals surface area contributed by atoms with Crippen LogP contribution in [0.2, 0.25) is 0 Å². The number of nitrogens with zero attached hydrogens (tertiary/aromatic N) is 2. The van der Waals surface area contributed by atoms with Gasteiger partial charge in [-0.15, -0.1) is 0 Å². The van der Waals surface area contributed by atoms with E-state index in [4.69, 9.17) is 9.47 Å². The van der Waals surface area contributed by atoms with E-state index in [2.05, 4.69) is 51.1 Å². The molecule has 0 fully saturated rings. The predicted octanol–water partition coefficient (Wildman–Crippen LogP) is 4.35. The minimum Gasteiger partial charge on any atom is -0.493 e. The number of benzene rings is 2. The van der Waals surface area contributed by atoms with Gasteiger partial charge in [-0.25, -0.2) is 5.43 Å². The summed E-state index contributed by atoms with van der Waals surface area (Å²) in [5, 5.41) is 4.02. The Bertz CT molecular complexity index is 1020. The zero-order chi connectivity index (χ0) is 20.6. The molecule has 1 heterocycles. The molecule has 7 heteroatoms. The third-order valence-electron chi connectivity index (χ3n) is 4.21. The summed E-state index contributed by atoms with van der Waals surface area (Å²) in [5.74, 6) is 0.977. The fraction of sp³-hybridized carbons (Fsp3) is 0.136. The third-order valence-corrected chi connectivity index (χ3v) is 5.01. The minimum atomic E-state index is -0.302. The van der Waals surface area contributed by atoms with Gasteiger partial charge in [-0.05, 0) is 70.5 Å². The maximum Gasteiger partial charge on any atom is 0.271 e. The number of ether oxygens (including phenoxy) is 2. The maximum absolute atomic E-state index is 12.0. The quantitative estimate of drug-likeness (QED) is 0.297. The number of methoxy groups -OCH3 is 1. The lowest BCUT2D eigenvalue weighted by atomic mass is 10.1. The number of aromatic nitrogens is 1. The van der Waals surface area contributed by atoms with E-state index in [1.807, 2.05) is 30.3 Å². The molecule has 0 saturated carbocycles. The molecule has 0 radical (unpaired) electrons. The van der Waals surface area contributed by atoms with Crippen LogP contribution in [0.25, 0.3) is 0 Å². The average molecular weight is 501 g/mol. The molecule has 0 aliphatic rings. The summed E-state index contributed by atoms with van der Waals surface area (Å²) in [6.45, 7) is 2.51. The molecule has 0 saturated heterocycles. The predicted molar refractivity (Wildman–Crippen MR) is 121 cm³/mol. The van der Waals surface area contributed by atoms with Crippen LogP contribution in [0.5, 0.6) is 11.5 Å². The van der Waals surface area contributed by atoms with Crippen LogP contribution in [-0.2, 0) is 6.61 Å². The molecular formula is C22H20IN3O3. The van der Waals surface area contributed by atoms with Crippen molar-refractivity contribution in [3.05, 3.63) is 86.7 Å². The van der Waals surface area contributed by atoms with Gasteiger partial charge in [0.25, 0.3) is 5.91 Å². The van der Waals surface area contributed by atoms with E-state index in [1.54, 1.807) is 37.9 Å². The fourth-order valence-corrected chi connectivity index (χ4v) is 3.39. The molecule has 0 bridgehead atoms. The van der Waals surface area contributed by atoms with E-state index in [0.717, 1.165) is 14.7 Å². The van der Waals surface area contributed by atoms with E-state index in [1.165, 1.54) is 5.56 Å². The van der Waals surface area contributed by atoms with Crippen LogP contribution >= 0.6 is 22.6 Å². The van der Waals surface area contributed by atoms with E-state index < -0.39 is 0 Å². The Morgan fingerprint density at radius 2 is 1.97 bits per heavy atom. The highest BCUT2D eigenvalue weighted by molar-refractivity contribution is 14.1. The number of hydrogen-bond donors (Lipinski definition) is 1. The molecule has 1 N–H and O–H groups in total. The van der Waals surface area contributed by atoms with Crippen LogP contribution in [0, 0.1) is 10.5 Å². The Balaban J connectivity index is 1.70. The minimum absolute atomic E-state index is 0.302. The zero-order valence-electron chi connectivity index (χ0n) is 16.1. The van der Waals surface area contributed by atoms with Gasteiger partial charge < -0.3 is 9.47 Å². The fourth-order valence-electron chi connectivity index (χ4n) is 2.61. The highest BCUT2D eigenvalue weighted by Gasteiger charge is 2.12. The Kier molecular flexibility index (Phi) is 7.18. The molecule has 0 aliphatic carbocycles. The van der Waals surface area contributed by atoms with Gasteiger partial charge in [-0.3, -0.25) is 9.78 Å². The molecule has 29 heavy (non-hydrogen) atoms. The van der Waals surface area contributed by atoms with Gasteiger partial charge in [0.15, 0.2) is 11.5 Å². The zero-order valence-corrected chi connectivity index (χ0v) is 18.2. The first-order chi connectivity index (χ1) is 14.1. The van der Waals surface area contributed by atoms with Gasteiger partial charge in [0.05, 0.1) is 16.9 Å². The van der Waals surface area contributed by atoms with Crippen LogP contribution in [0.1, 0.15) is 27.0 Å². The van der Waals surface area contributed by atoms with Crippen molar-refractivity contribution >= 4 is 34.7 Å². The Morgan fingerprint density at radius 1 is 1.21 bits per heavy atom. The standard InChI is InChI=1S/C22H20IN3O3/c1-15-5-3-4-6-18(15)14-29-21-19(23)11-16(12-20(21)28-2)13-25-26-22(27)17-7-9-24-10-8-17/h3-13H,14H2,1-2H3,(H,26,27)/b25-13+. The topological polar surface area (TPSA) is 72.8 Å². The highest BCUT2D eigenvalue weighted by Crippen LogP contribution is 2.34. The van der Waals surface area contributed by atoms with Gasteiger partial charge in [0.1, 0.15) is 6.61 Å². The van der Waals surface area contributed by atoms with Crippen molar-refractivity contribution in [2.24, 2.45) is 5.10 Å². The van der Waals surface area contributed by atoms with Crippen LogP contribution < -0.4 is 14.9 Å². The van der Waals surface area contributed by atoms with Crippen molar-refractivity contribution in [1.82, 2.24) is 10.4 Å². The molecule has 0 aliphatic heterocycles. The second kappa shape index (κ2) is 10.0. The second-order valence-electron chi connectivity index (χ2n) is 6.18. The maximum atomic E-state index is 12.0. The van der Waals surface area contributed by atoms with Crippen molar-refractivity contribution in [3.8, 4) is 11.5 Å². The van der Waals surface area contributed by atoms with Gasteiger partial charge in [0.2, 0.25) is 0 Å². The van der Waals surface area contributed by atoms with Crippen LogP contribution in [-0.4, -0.2) is 24.2 Å². The first-order valence-electron chi connectivity index (χ1n) is 8.86. The second-order valence-corrected chi connectivity index (χ2v) is 7.35. The Hall–Kier alpha value is -2.94. The van der Waals surface area contributed by atoms with Crippen molar-refractivity contribution in [1.29, 1.82) is 0 Å². The summed E-state index contributed by atoms with van der Waals surface area (Å²) in [6.07, 6.45) is 4.68. The van der Waals surface area contributed by atoms with Crippen molar-refractivity contribution in [2.45, 2.75) is 13.5 Å². The molecule has 0 spiro atoms. The number of hydrogen-bond acceptors (Lipinski definition) is 5. The number of pyridine rings is 1. The SMILES string of the molecule is COc1cc(/C=N/NC(=O)c2ccncc2)cc(I)c1OCc1ccccc1C. The smallest absolute Gasteiger partial charge is 0.271 e. The van der Waals surface area contributed by atoms with Crippen molar-refractivity contribution < 1.29 is 14.3 Å². The molecule has 0 unspecified atom stereocenters. The van der Waals surface area contributed by atoms with Crippen LogP contribution in [0.4, 0.5) is 0 Å². The number of aryl methyl sites for hydroxylation is 1. The summed E-state index contributed by atoms with van der Waals surface area (Å²) in [7, 11) is 1.60. The van der Waals surface area contributed by atoms with Crippen LogP contribution in [0.15, 0.2) is 66.0 Å². The molecule has 2 aromatic carbocycles. The monoisotopic (exact) mass is 501 g/mol. The van der Waals surface area contributed by atoms with E-state index >= 15 is 0 Å². The van der Waals surface area contributed by atoms with Crippen molar-refractivity contribution in [2.75, 3.05) is 7.11 Å². The number of nitrogens with one attached hydrogen (secondary N) is 1. The Morgan fingerprint density at radius 3 is 2.69 bits per heavy atom. The molecular weight excluding hydrogens is 481 g/mol. The lowest BCUT2D eigenvalue weighted by Crippen LogP contribution is -2.17. The largest absolute Gasteiger partial charge is 0.493 e. The lowest BCUT2D eigenvalue weighted by Gasteiger charge is -2.14. The lowest BCUT2D eigenvalue weighted by molar-refractivity contribution is 0.0955. The third kappa shape index (κ3) is 5.54. The first kappa shape index (κ1) is 20.8. The number of amides is 1. The van der Waals surface area contributed by atoms with Crippen LogP contribution in [0.3, 0.4) is 0 Å². The van der Waals surface area contributed by atoms with Gasteiger partial charge >= 0.3 is 0 Å². The summed E-state index contributed by atoms with van der Waals surface area (Å²) in [5.41, 5.74) is 6.07. The summed E-state index contributed by atoms with van der Waals surface area (Å²) < 4.78 is 12.4. The van der Waals surface area contributed by atoms with E-state index in [-0.39, 0.29) is 5.91 Å². The molecule has 1 aromatic heterocycles. The molecule has 0 atom stereocenters. The van der Waals surface area contributed by atoms with E-state index in [0.29, 0.717) is 23.7 Å². The molecule has 6 nitrogen and oxygen atoms in total. The van der Waals surface area contributed by atoms with Gasteiger partial charge in [-0.2, -0.15) is 5.10 Å². The molecule has 148 valence electrons. The number of rotatable bonds is 7. The summed E-state index contributed by atoms with van der Waals surface area (Å²) in [4.78, 5) is 15.9. The molecule has 3 rings (SSSR count). The van der Waals surface area contributed by atoms with Gasteiger partial charge in [-0.1, -0.05) is 24.3 Å². The summed E-state index contributed by atoms with van der Waals surface area (Å²) >= 11 is 2.20. The molecule has 3 aromatic rings. The van der Waals surface area contributed by atoms with Crippen molar-refractivity contribution in [3.63, 3.8) is 0 Å². The van der Waals surface area contributed by atoms with E-state index in [9.17, 15) is 4.79 Å². The summed E-state index contributed by atoms with van der Waals surface area (Å²) in [6, 6.07) is 15.1. The van der Waals surface area contributed by atoms with Gasteiger partial charge in [0, 0.05) is 18.0 Å². The Labute approximate surface area is 183 Å². The molecule has 1 amide bonds. The number of hydrazone groups is 1.